The fraction of sp³-hybridized carbons (Fsp3) is 0.750. The van der Waals surface area contributed by atoms with Gasteiger partial charge in [-0.1, -0.05) is 23.9 Å². The van der Waals surface area contributed by atoms with Crippen LogP contribution in [0, 0.1) is 11.8 Å². The molecule has 0 fully saturated rings. The molecule has 0 aliphatic heterocycles. The van der Waals surface area contributed by atoms with Crippen molar-refractivity contribution >= 4 is 0 Å². The van der Waals surface area contributed by atoms with Crippen LogP contribution < -0.4 is 0 Å². The molecule has 3 heteroatoms. The summed E-state index contributed by atoms with van der Waals surface area (Å²) in [6, 6.07) is -0.0692. The van der Waals surface area contributed by atoms with Crippen molar-refractivity contribution in [3.05, 3.63) is 10.4 Å². The fourth-order valence-corrected chi connectivity index (χ4v) is 1.14. The van der Waals surface area contributed by atoms with Crippen molar-refractivity contribution in [1.82, 2.24) is 0 Å². The summed E-state index contributed by atoms with van der Waals surface area (Å²) in [6.45, 7) is 0. The van der Waals surface area contributed by atoms with Crippen LogP contribution in [0.1, 0.15) is 32.1 Å². The third-order valence-electron chi connectivity index (χ3n) is 1.74. The average Bonchev–Trinajstić information content (AvgIpc) is 1.94. The minimum atomic E-state index is -0.0692. The first-order valence-electron chi connectivity index (χ1n) is 3.96. The molecule has 0 bridgehead atoms. The van der Waals surface area contributed by atoms with Gasteiger partial charge in [0.2, 0.25) is 0 Å². The van der Waals surface area contributed by atoms with Gasteiger partial charge in [0.15, 0.2) is 0 Å². The van der Waals surface area contributed by atoms with Gasteiger partial charge in [0.1, 0.15) is 0 Å². The highest BCUT2D eigenvalue weighted by molar-refractivity contribution is 5.08. The van der Waals surface area contributed by atoms with E-state index in [-0.39, 0.29) is 6.04 Å². The van der Waals surface area contributed by atoms with Crippen molar-refractivity contribution in [2.45, 2.75) is 38.1 Å². The van der Waals surface area contributed by atoms with Gasteiger partial charge in [0.25, 0.3) is 0 Å². The monoisotopic (exact) mass is 149 g/mol. The number of azide groups is 1. The first kappa shape index (κ1) is 7.97. The van der Waals surface area contributed by atoms with Gasteiger partial charge < -0.3 is 0 Å². The lowest BCUT2D eigenvalue weighted by Gasteiger charge is -2.04. The van der Waals surface area contributed by atoms with Gasteiger partial charge in [-0.15, -0.1) is 5.92 Å². The van der Waals surface area contributed by atoms with E-state index in [4.69, 9.17) is 5.53 Å². The van der Waals surface area contributed by atoms with Gasteiger partial charge in [-0.05, 0) is 18.4 Å². The normalized spacial score (nSPS) is 23.5. The molecule has 0 aromatic carbocycles. The SMILES string of the molecule is [N-]=[N+]=NC1C#CCCCCC1. The Hall–Kier alpha value is -1.13. The molecular weight excluding hydrogens is 138 g/mol. The highest BCUT2D eigenvalue weighted by Gasteiger charge is 2.02. The van der Waals surface area contributed by atoms with Gasteiger partial charge in [-0.3, -0.25) is 0 Å². The fourth-order valence-electron chi connectivity index (χ4n) is 1.14. The van der Waals surface area contributed by atoms with E-state index in [1.165, 1.54) is 12.8 Å². The maximum absolute atomic E-state index is 8.17. The smallest absolute Gasteiger partial charge is 0.0988 e. The van der Waals surface area contributed by atoms with Crippen LogP contribution in [-0.4, -0.2) is 6.04 Å². The Balaban J connectivity index is 2.54. The summed E-state index contributed by atoms with van der Waals surface area (Å²) < 4.78 is 0. The Bertz CT molecular complexity index is 217. The molecule has 0 saturated heterocycles. The maximum atomic E-state index is 8.17. The molecular formula is C8H11N3. The number of rotatable bonds is 1. The van der Waals surface area contributed by atoms with E-state index in [0.29, 0.717) is 0 Å². The molecule has 1 atom stereocenters. The molecule has 0 amide bonds. The zero-order chi connectivity index (χ0) is 7.94. The van der Waals surface area contributed by atoms with Crippen molar-refractivity contribution in [2.75, 3.05) is 0 Å². The van der Waals surface area contributed by atoms with Crippen LogP contribution in [0.2, 0.25) is 0 Å². The second-order valence-corrected chi connectivity index (χ2v) is 2.64. The molecule has 11 heavy (non-hydrogen) atoms. The third-order valence-corrected chi connectivity index (χ3v) is 1.74. The predicted octanol–water partition coefficient (Wildman–Crippen LogP) is 2.63. The van der Waals surface area contributed by atoms with E-state index in [9.17, 15) is 0 Å². The zero-order valence-electron chi connectivity index (χ0n) is 6.45. The number of nitrogens with zero attached hydrogens (tertiary/aromatic N) is 3. The molecule has 0 saturated carbocycles. The van der Waals surface area contributed by atoms with E-state index in [2.05, 4.69) is 21.9 Å². The molecule has 0 aromatic heterocycles. The van der Waals surface area contributed by atoms with Crippen molar-refractivity contribution < 1.29 is 0 Å². The highest BCUT2D eigenvalue weighted by Crippen LogP contribution is 2.10. The molecule has 58 valence electrons. The predicted molar refractivity (Wildman–Crippen MR) is 43.8 cm³/mol. The van der Waals surface area contributed by atoms with Crippen molar-refractivity contribution in [3.8, 4) is 11.8 Å². The molecule has 0 N–H and O–H groups in total. The number of hydrogen-bond acceptors (Lipinski definition) is 1. The minimum absolute atomic E-state index is 0.0692. The molecule has 1 aliphatic rings. The molecule has 0 radical (unpaired) electrons. The van der Waals surface area contributed by atoms with E-state index in [0.717, 1.165) is 19.3 Å². The van der Waals surface area contributed by atoms with E-state index < -0.39 is 0 Å². The lowest BCUT2D eigenvalue weighted by molar-refractivity contribution is 0.609. The van der Waals surface area contributed by atoms with E-state index >= 15 is 0 Å². The van der Waals surface area contributed by atoms with Crippen molar-refractivity contribution in [3.63, 3.8) is 0 Å². The van der Waals surface area contributed by atoms with Crippen molar-refractivity contribution in [2.24, 2.45) is 5.11 Å². The molecule has 0 heterocycles. The number of hydrogen-bond donors (Lipinski definition) is 0. The summed E-state index contributed by atoms with van der Waals surface area (Å²) in [5, 5.41) is 3.59. The Morgan fingerprint density at radius 2 is 2.27 bits per heavy atom. The van der Waals surface area contributed by atoms with Crippen LogP contribution >= 0.6 is 0 Å². The van der Waals surface area contributed by atoms with Gasteiger partial charge >= 0.3 is 0 Å². The van der Waals surface area contributed by atoms with E-state index in [1.54, 1.807) is 0 Å². The molecule has 1 unspecified atom stereocenters. The summed E-state index contributed by atoms with van der Waals surface area (Å²) in [5.41, 5.74) is 8.17. The summed E-state index contributed by atoms with van der Waals surface area (Å²) in [7, 11) is 0. The Kier molecular flexibility index (Phi) is 3.37. The quantitative estimate of drug-likeness (QED) is 0.238. The third kappa shape index (κ3) is 2.97. The highest BCUT2D eigenvalue weighted by atomic mass is 15.1. The van der Waals surface area contributed by atoms with Gasteiger partial charge in [0, 0.05) is 11.3 Å². The molecule has 3 nitrogen and oxygen atoms in total. The van der Waals surface area contributed by atoms with E-state index in [1.807, 2.05) is 0 Å². The van der Waals surface area contributed by atoms with Gasteiger partial charge in [0.05, 0.1) is 6.04 Å². The van der Waals surface area contributed by atoms with Crippen LogP contribution in [0.4, 0.5) is 0 Å². The summed E-state index contributed by atoms with van der Waals surface area (Å²) in [5.74, 6) is 5.96. The first-order chi connectivity index (χ1) is 5.43. The minimum Gasteiger partial charge on any atom is -0.103 e. The van der Waals surface area contributed by atoms with Crippen LogP contribution in [0.3, 0.4) is 0 Å². The molecule has 0 aromatic rings. The summed E-state index contributed by atoms with van der Waals surface area (Å²) in [4.78, 5) is 2.75. The molecule has 1 aliphatic carbocycles. The summed E-state index contributed by atoms with van der Waals surface area (Å²) in [6.07, 6.45) is 5.43. The standard InChI is InChI=1S/C8H11N3/c9-11-10-8-6-4-2-1-3-5-7-8/h8H,1-4,6H2. The van der Waals surface area contributed by atoms with Crippen LogP contribution in [0.5, 0.6) is 0 Å². The van der Waals surface area contributed by atoms with Gasteiger partial charge in [-0.25, -0.2) is 0 Å². The van der Waals surface area contributed by atoms with Crippen LogP contribution in [0.25, 0.3) is 10.4 Å². The lowest BCUT2D eigenvalue weighted by Crippen LogP contribution is -2.00. The molecule has 0 spiro atoms. The molecule has 1 rings (SSSR count). The van der Waals surface area contributed by atoms with Crippen LogP contribution in [-0.2, 0) is 0 Å². The van der Waals surface area contributed by atoms with Crippen molar-refractivity contribution in [1.29, 1.82) is 0 Å². The van der Waals surface area contributed by atoms with Gasteiger partial charge in [-0.2, -0.15) is 0 Å². The van der Waals surface area contributed by atoms with Crippen LogP contribution in [0.15, 0.2) is 5.11 Å². The second-order valence-electron chi connectivity index (χ2n) is 2.64. The zero-order valence-corrected chi connectivity index (χ0v) is 6.45. The topological polar surface area (TPSA) is 48.8 Å². The summed E-state index contributed by atoms with van der Waals surface area (Å²) >= 11 is 0. The average molecular weight is 149 g/mol. The largest absolute Gasteiger partial charge is 0.103 e. The second kappa shape index (κ2) is 4.65. The Morgan fingerprint density at radius 1 is 1.36 bits per heavy atom. The maximum Gasteiger partial charge on any atom is 0.0988 e. The Morgan fingerprint density at radius 3 is 3.09 bits per heavy atom. The Labute approximate surface area is 66.4 Å². The first-order valence-corrected chi connectivity index (χ1v) is 3.96. The lowest BCUT2D eigenvalue weighted by atomic mass is 10.1.